The van der Waals surface area contributed by atoms with Gasteiger partial charge in [0.15, 0.2) is 0 Å². The minimum Gasteiger partial charge on any atom is -0.390 e. The molecule has 1 aliphatic carbocycles. The first-order chi connectivity index (χ1) is 11.9. The number of nitrogens with one attached hydrogen (secondary N) is 2. The summed E-state index contributed by atoms with van der Waals surface area (Å²) in [5, 5.41) is 15.1. The van der Waals surface area contributed by atoms with Crippen LogP contribution in [0.5, 0.6) is 0 Å². The molecular weight excluding hydrogens is 330 g/mol. The molecule has 2 aromatic carbocycles. The molecule has 0 fully saturated rings. The third kappa shape index (κ3) is 3.83. The Labute approximate surface area is 142 Å². The van der Waals surface area contributed by atoms with Crippen molar-refractivity contribution in [1.82, 2.24) is 10.6 Å². The smallest absolute Gasteiger partial charge is 0.251 e. The predicted molar refractivity (Wildman–Crippen MR) is 85.7 cm³/mol. The second kappa shape index (κ2) is 6.98. The van der Waals surface area contributed by atoms with E-state index in [2.05, 4.69) is 10.6 Å². The molecule has 7 heteroatoms. The minimum absolute atomic E-state index is 0.212. The van der Waals surface area contributed by atoms with E-state index in [1.165, 1.54) is 0 Å². The van der Waals surface area contributed by atoms with Crippen molar-refractivity contribution in [3.63, 3.8) is 0 Å². The van der Waals surface area contributed by atoms with Crippen molar-refractivity contribution in [1.29, 1.82) is 0 Å². The van der Waals surface area contributed by atoms with Gasteiger partial charge in [0.25, 0.3) is 5.91 Å². The van der Waals surface area contributed by atoms with Crippen LogP contribution in [0.1, 0.15) is 27.5 Å². The fourth-order valence-corrected chi connectivity index (χ4v) is 2.92. The van der Waals surface area contributed by atoms with E-state index in [4.69, 9.17) is 0 Å². The van der Waals surface area contributed by atoms with Gasteiger partial charge in [-0.25, -0.2) is 8.78 Å². The highest BCUT2D eigenvalue weighted by molar-refractivity contribution is 5.96. The van der Waals surface area contributed by atoms with Crippen molar-refractivity contribution in [3.05, 3.63) is 70.8 Å². The van der Waals surface area contributed by atoms with Gasteiger partial charge in [0.05, 0.1) is 18.7 Å². The van der Waals surface area contributed by atoms with Crippen LogP contribution in [-0.4, -0.2) is 29.6 Å². The molecule has 0 saturated heterocycles. The van der Waals surface area contributed by atoms with Gasteiger partial charge >= 0.3 is 0 Å². The Balaban J connectivity index is 1.59. The molecule has 2 amide bonds. The normalized spacial score (nSPS) is 18.5. The van der Waals surface area contributed by atoms with E-state index in [0.29, 0.717) is 12.5 Å². The van der Waals surface area contributed by atoms with Crippen LogP contribution in [0.15, 0.2) is 42.5 Å². The SMILES string of the molecule is O=C(CNC(=O)c1cc(F)cc(F)c1)N[C@@H]1c2ccccc2C[C@@H]1O. The number of aliphatic hydroxyl groups is 1. The number of halogens is 2. The molecule has 3 rings (SSSR count). The van der Waals surface area contributed by atoms with Gasteiger partial charge in [0.2, 0.25) is 5.91 Å². The zero-order chi connectivity index (χ0) is 18.0. The summed E-state index contributed by atoms with van der Waals surface area (Å²) in [5.41, 5.74) is 1.58. The Bertz CT molecular complexity index is 805. The summed E-state index contributed by atoms with van der Waals surface area (Å²) in [5.74, 6) is -3.02. The monoisotopic (exact) mass is 346 g/mol. The number of carbonyl (C=O) groups excluding carboxylic acids is 2. The van der Waals surface area contributed by atoms with Crippen molar-refractivity contribution in [2.24, 2.45) is 0 Å². The maximum Gasteiger partial charge on any atom is 0.251 e. The zero-order valence-electron chi connectivity index (χ0n) is 13.1. The number of rotatable bonds is 4. The van der Waals surface area contributed by atoms with Crippen LogP contribution in [0.25, 0.3) is 0 Å². The summed E-state index contributed by atoms with van der Waals surface area (Å²) in [4.78, 5) is 23.9. The quantitative estimate of drug-likeness (QED) is 0.784. The molecule has 0 heterocycles. The van der Waals surface area contributed by atoms with Crippen LogP contribution in [0, 0.1) is 11.6 Å². The van der Waals surface area contributed by atoms with Crippen molar-refractivity contribution >= 4 is 11.8 Å². The van der Waals surface area contributed by atoms with Crippen LogP contribution in [-0.2, 0) is 11.2 Å². The van der Waals surface area contributed by atoms with E-state index in [9.17, 15) is 23.5 Å². The van der Waals surface area contributed by atoms with E-state index in [0.717, 1.165) is 23.3 Å². The zero-order valence-corrected chi connectivity index (χ0v) is 13.1. The lowest BCUT2D eigenvalue weighted by Crippen LogP contribution is -2.41. The summed E-state index contributed by atoms with van der Waals surface area (Å²) in [6.45, 7) is -0.373. The number of aliphatic hydroxyl groups excluding tert-OH is 1. The van der Waals surface area contributed by atoms with E-state index in [1.54, 1.807) is 0 Å². The summed E-state index contributed by atoms with van der Waals surface area (Å²) < 4.78 is 26.2. The van der Waals surface area contributed by atoms with Crippen LogP contribution < -0.4 is 10.6 Å². The molecule has 0 bridgehead atoms. The van der Waals surface area contributed by atoms with Gasteiger partial charge in [-0.15, -0.1) is 0 Å². The van der Waals surface area contributed by atoms with E-state index >= 15 is 0 Å². The van der Waals surface area contributed by atoms with Gasteiger partial charge < -0.3 is 15.7 Å². The maximum absolute atomic E-state index is 13.1. The first-order valence-corrected chi connectivity index (χ1v) is 7.73. The molecule has 0 unspecified atom stereocenters. The lowest BCUT2D eigenvalue weighted by Gasteiger charge is -2.18. The van der Waals surface area contributed by atoms with Crippen molar-refractivity contribution in [2.45, 2.75) is 18.6 Å². The van der Waals surface area contributed by atoms with Crippen LogP contribution in [0.3, 0.4) is 0 Å². The molecule has 2 atom stereocenters. The predicted octanol–water partition coefficient (Wildman–Crippen LogP) is 1.47. The van der Waals surface area contributed by atoms with Gasteiger partial charge in [-0.2, -0.15) is 0 Å². The standard InChI is InChI=1S/C18H16F2N2O3/c19-12-5-11(6-13(20)8-12)18(25)21-9-16(24)22-17-14-4-2-1-3-10(14)7-15(17)23/h1-6,8,15,17,23H,7,9H2,(H,21,25)(H,22,24)/t15-,17+/m0/s1. The molecule has 25 heavy (non-hydrogen) atoms. The average molecular weight is 346 g/mol. The summed E-state index contributed by atoms with van der Waals surface area (Å²) in [6.07, 6.45) is -0.301. The molecule has 130 valence electrons. The van der Waals surface area contributed by atoms with Crippen LogP contribution in [0.4, 0.5) is 8.78 Å². The Morgan fingerprint density at radius 1 is 1.12 bits per heavy atom. The molecule has 0 aromatic heterocycles. The van der Waals surface area contributed by atoms with Gasteiger partial charge in [0, 0.05) is 18.1 Å². The fraction of sp³-hybridized carbons (Fsp3) is 0.222. The van der Waals surface area contributed by atoms with Crippen LogP contribution in [0.2, 0.25) is 0 Å². The van der Waals surface area contributed by atoms with E-state index in [-0.39, 0.29) is 12.1 Å². The maximum atomic E-state index is 13.1. The van der Waals surface area contributed by atoms with E-state index in [1.807, 2.05) is 24.3 Å². The number of hydrogen-bond donors (Lipinski definition) is 3. The average Bonchev–Trinajstić information content (AvgIpc) is 2.87. The van der Waals surface area contributed by atoms with Crippen LogP contribution >= 0.6 is 0 Å². The summed E-state index contributed by atoms with van der Waals surface area (Å²) >= 11 is 0. The Morgan fingerprint density at radius 3 is 2.52 bits per heavy atom. The minimum atomic E-state index is -0.875. The highest BCUT2D eigenvalue weighted by Crippen LogP contribution is 2.30. The van der Waals surface area contributed by atoms with Crippen molar-refractivity contribution < 1.29 is 23.5 Å². The largest absolute Gasteiger partial charge is 0.390 e. The highest BCUT2D eigenvalue weighted by Gasteiger charge is 2.31. The molecule has 5 nitrogen and oxygen atoms in total. The van der Waals surface area contributed by atoms with Gasteiger partial charge in [0.1, 0.15) is 11.6 Å². The number of amides is 2. The first-order valence-electron chi connectivity index (χ1n) is 7.73. The Kier molecular flexibility index (Phi) is 4.76. The molecule has 3 N–H and O–H groups in total. The Morgan fingerprint density at radius 2 is 1.80 bits per heavy atom. The lowest BCUT2D eigenvalue weighted by molar-refractivity contribution is -0.121. The second-order valence-electron chi connectivity index (χ2n) is 5.86. The lowest BCUT2D eigenvalue weighted by atomic mass is 10.1. The molecule has 0 saturated carbocycles. The number of hydrogen-bond acceptors (Lipinski definition) is 3. The Hall–Kier alpha value is -2.80. The van der Waals surface area contributed by atoms with Gasteiger partial charge in [-0.3, -0.25) is 9.59 Å². The molecule has 1 aliphatic rings. The molecule has 0 spiro atoms. The third-order valence-electron chi connectivity index (χ3n) is 4.05. The molecule has 2 aromatic rings. The number of benzene rings is 2. The van der Waals surface area contributed by atoms with Crippen molar-refractivity contribution in [2.75, 3.05) is 6.54 Å². The fourth-order valence-electron chi connectivity index (χ4n) is 2.92. The summed E-state index contributed by atoms with van der Waals surface area (Å²) in [7, 11) is 0. The molecule has 0 aliphatic heterocycles. The van der Waals surface area contributed by atoms with E-state index < -0.39 is 35.6 Å². The first kappa shape index (κ1) is 17.0. The van der Waals surface area contributed by atoms with Gasteiger partial charge in [-0.1, -0.05) is 24.3 Å². The third-order valence-corrected chi connectivity index (χ3v) is 4.05. The number of fused-ring (bicyclic) bond motifs is 1. The number of carbonyl (C=O) groups is 2. The second-order valence-corrected chi connectivity index (χ2v) is 5.86. The van der Waals surface area contributed by atoms with Gasteiger partial charge in [-0.05, 0) is 23.3 Å². The topological polar surface area (TPSA) is 78.4 Å². The summed E-state index contributed by atoms with van der Waals surface area (Å²) in [6, 6.07) is 9.25. The highest BCUT2D eigenvalue weighted by atomic mass is 19.1. The molecular formula is C18H16F2N2O3. The van der Waals surface area contributed by atoms with Crippen molar-refractivity contribution in [3.8, 4) is 0 Å². The molecule has 0 radical (unpaired) electrons.